The van der Waals surface area contributed by atoms with Crippen LogP contribution in [-0.2, 0) is 22.6 Å². The maximum Gasteiger partial charge on any atom is 0.245 e. The fourth-order valence-electron chi connectivity index (χ4n) is 3.63. The molecule has 2 amide bonds. The molecule has 1 fully saturated rings. The Morgan fingerprint density at radius 2 is 1.62 bits per heavy atom. The minimum absolute atomic E-state index is 0.0179. The summed E-state index contributed by atoms with van der Waals surface area (Å²) in [5, 5.41) is 0. The van der Waals surface area contributed by atoms with Crippen molar-refractivity contribution >= 4 is 11.8 Å². The predicted molar refractivity (Wildman–Crippen MR) is 103 cm³/mol. The topological polar surface area (TPSA) is 40.6 Å². The Morgan fingerprint density at radius 1 is 0.962 bits per heavy atom. The highest BCUT2D eigenvalue weighted by atomic mass is 16.2. The second-order valence-corrected chi connectivity index (χ2v) is 7.19. The number of carbonyl (C=O) groups is 2. The van der Waals surface area contributed by atoms with Crippen LogP contribution in [0.15, 0.2) is 48.5 Å². The van der Waals surface area contributed by atoms with Crippen molar-refractivity contribution in [1.82, 2.24) is 9.80 Å². The van der Waals surface area contributed by atoms with Crippen LogP contribution in [0.4, 0.5) is 0 Å². The van der Waals surface area contributed by atoms with Crippen molar-refractivity contribution in [1.29, 1.82) is 0 Å². The van der Waals surface area contributed by atoms with Gasteiger partial charge in [-0.3, -0.25) is 9.59 Å². The molecule has 1 atom stereocenters. The van der Waals surface area contributed by atoms with Crippen LogP contribution in [0.5, 0.6) is 0 Å². The lowest BCUT2D eigenvalue weighted by Gasteiger charge is -2.39. The summed E-state index contributed by atoms with van der Waals surface area (Å²) in [5.41, 5.74) is 4.60. The van der Waals surface area contributed by atoms with E-state index in [9.17, 15) is 9.59 Å². The van der Waals surface area contributed by atoms with Crippen LogP contribution in [0.3, 0.4) is 0 Å². The highest BCUT2D eigenvalue weighted by Crippen LogP contribution is 2.18. The van der Waals surface area contributed by atoms with Gasteiger partial charge in [-0.05, 0) is 38.3 Å². The van der Waals surface area contributed by atoms with Gasteiger partial charge in [0.1, 0.15) is 6.04 Å². The van der Waals surface area contributed by atoms with Gasteiger partial charge in [0.25, 0.3) is 0 Å². The summed E-state index contributed by atoms with van der Waals surface area (Å²) in [6, 6.07) is 15.9. The number of amides is 2. The van der Waals surface area contributed by atoms with E-state index in [0.29, 0.717) is 13.1 Å². The summed E-state index contributed by atoms with van der Waals surface area (Å²) in [5.74, 6) is 0.0502. The highest BCUT2D eigenvalue weighted by molar-refractivity contribution is 5.94. The third-order valence-corrected chi connectivity index (χ3v) is 4.93. The van der Waals surface area contributed by atoms with Gasteiger partial charge in [-0.15, -0.1) is 0 Å². The number of carbonyl (C=O) groups excluding carboxylic acids is 2. The third-order valence-electron chi connectivity index (χ3n) is 4.93. The van der Waals surface area contributed by atoms with Gasteiger partial charge in [0.2, 0.25) is 11.8 Å². The number of nitrogens with zero attached hydrogens (tertiary/aromatic N) is 2. The van der Waals surface area contributed by atoms with Crippen LogP contribution >= 0.6 is 0 Å². The fourth-order valence-corrected chi connectivity index (χ4v) is 3.63. The van der Waals surface area contributed by atoms with Crippen LogP contribution in [0.25, 0.3) is 0 Å². The Morgan fingerprint density at radius 3 is 2.27 bits per heavy atom. The molecular weight excluding hydrogens is 324 g/mol. The Hall–Kier alpha value is -2.62. The molecule has 3 rings (SSSR count). The zero-order chi connectivity index (χ0) is 18.7. The highest BCUT2D eigenvalue weighted by Gasteiger charge is 2.36. The number of hydrogen-bond donors (Lipinski definition) is 0. The summed E-state index contributed by atoms with van der Waals surface area (Å²) in [6.07, 6.45) is 0.768. The van der Waals surface area contributed by atoms with Gasteiger partial charge in [0, 0.05) is 13.1 Å². The lowest BCUT2D eigenvalue weighted by atomic mass is 10.0. The van der Waals surface area contributed by atoms with Crippen molar-refractivity contribution in [2.24, 2.45) is 0 Å². The van der Waals surface area contributed by atoms with Gasteiger partial charge in [-0.2, -0.15) is 0 Å². The van der Waals surface area contributed by atoms with E-state index in [1.54, 1.807) is 9.80 Å². The maximum atomic E-state index is 12.8. The quantitative estimate of drug-likeness (QED) is 0.831. The van der Waals surface area contributed by atoms with E-state index < -0.39 is 6.04 Å². The number of benzene rings is 2. The van der Waals surface area contributed by atoms with Gasteiger partial charge >= 0.3 is 0 Å². The first-order chi connectivity index (χ1) is 12.4. The van der Waals surface area contributed by atoms with Crippen LogP contribution in [0.1, 0.15) is 29.2 Å². The molecule has 0 aromatic heterocycles. The molecule has 0 saturated carbocycles. The van der Waals surface area contributed by atoms with Crippen LogP contribution in [0.2, 0.25) is 0 Å². The molecule has 1 aliphatic heterocycles. The molecule has 4 heteroatoms. The van der Waals surface area contributed by atoms with Crippen LogP contribution < -0.4 is 0 Å². The molecule has 0 N–H and O–H groups in total. The fraction of sp³-hybridized carbons (Fsp3) is 0.364. The van der Waals surface area contributed by atoms with Crippen LogP contribution in [-0.4, -0.2) is 40.7 Å². The van der Waals surface area contributed by atoms with Gasteiger partial charge in [0.05, 0.1) is 6.54 Å². The number of aryl methyl sites for hydroxylation is 2. The number of piperazine rings is 1. The van der Waals surface area contributed by atoms with Crippen molar-refractivity contribution in [3.05, 3.63) is 70.8 Å². The molecule has 136 valence electrons. The summed E-state index contributed by atoms with van der Waals surface area (Å²) in [7, 11) is 0. The smallest absolute Gasteiger partial charge is 0.245 e. The minimum Gasteiger partial charge on any atom is -0.331 e. The summed E-state index contributed by atoms with van der Waals surface area (Å²) >= 11 is 0. The average Bonchev–Trinajstić information content (AvgIpc) is 2.61. The van der Waals surface area contributed by atoms with E-state index in [1.807, 2.05) is 37.3 Å². The molecule has 0 aliphatic carbocycles. The molecule has 1 saturated heterocycles. The van der Waals surface area contributed by atoms with Crippen molar-refractivity contribution < 1.29 is 9.59 Å². The Labute approximate surface area is 155 Å². The van der Waals surface area contributed by atoms with Crippen molar-refractivity contribution in [3.63, 3.8) is 0 Å². The molecular formula is C22H26N2O2. The molecule has 0 bridgehead atoms. The Balaban J connectivity index is 1.67. The molecule has 1 heterocycles. The van der Waals surface area contributed by atoms with Crippen molar-refractivity contribution in [2.75, 3.05) is 13.1 Å². The molecule has 2 aromatic rings. The molecule has 1 aliphatic rings. The van der Waals surface area contributed by atoms with E-state index >= 15 is 0 Å². The first-order valence-electron chi connectivity index (χ1n) is 9.13. The van der Waals surface area contributed by atoms with E-state index in [0.717, 1.165) is 12.0 Å². The maximum absolute atomic E-state index is 12.8. The monoisotopic (exact) mass is 350 g/mol. The van der Waals surface area contributed by atoms with Gasteiger partial charge in [-0.25, -0.2) is 0 Å². The first kappa shape index (κ1) is 18.2. The Bertz CT molecular complexity index is 781. The minimum atomic E-state index is -0.423. The molecule has 4 nitrogen and oxygen atoms in total. The van der Waals surface area contributed by atoms with Crippen LogP contribution in [0, 0.1) is 13.8 Å². The van der Waals surface area contributed by atoms with Crippen molar-refractivity contribution in [3.8, 4) is 0 Å². The standard InChI is InChI=1S/C22H26N2O2/c1-16-11-17(2)13-20(12-16)14-24-18(3)22(26)23(15-21(24)25)10-9-19-7-5-4-6-8-19/h4-8,11-13,18H,9-10,14-15H2,1-3H3/t18-/m0/s1. The van der Waals surface area contributed by atoms with E-state index in [1.165, 1.54) is 16.7 Å². The number of hydrogen-bond acceptors (Lipinski definition) is 2. The second-order valence-electron chi connectivity index (χ2n) is 7.19. The normalized spacial score (nSPS) is 17.7. The van der Waals surface area contributed by atoms with E-state index in [4.69, 9.17) is 0 Å². The largest absolute Gasteiger partial charge is 0.331 e. The molecule has 0 unspecified atom stereocenters. The molecule has 0 spiro atoms. The second kappa shape index (κ2) is 7.73. The lowest BCUT2D eigenvalue weighted by Crippen LogP contribution is -2.58. The summed E-state index contributed by atoms with van der Waals surface area (Å²) < 4.78 is 0. The zero-order valence-corrected chi connectivity index (χ0v) is 15.7. The Kier molecular flexibility index (Phi) is 5.40. The molecule has 0 radical (unpaired) electrons. The van der Waals surface area contributed by atoms with Gasteiger partial charge in [-0.1, -0.05) is 59.7 Å². The third kappa shape index (κ3) is 4.13. The average molecular weight is 350 g/mol. The van der Waals surface area contributed by atoms with Gasteiger partial charge < -0.3 is 9.80 Å². The lowest BCUT2D eigenvalue weighted by molar-refractivity contribution is -0.155. The number of rotatable bonds is 5. The zero-order valence-electron chi connectivity index (χ0n) is 15.7. The SMILES string of the molecule is Cc1cc(C)cc(CN2C(=O)CN(CCc3ccccc3)C(=O)[C@@H]2C)c1. The van der Waals surface area contributed by atoms with E-state index in [-0.39, 0.29) is 18.4 Å². The summed E-state index contributed by atoms with van der Waals surface area (Å²) in [6.45, 7) is 7.17. The first-order valence-corrected chi connectivity index (χ1v) is 9.13. The summed E-state index contributed by atoms with van der Waals surface area (Å²) in [4.78, 5) is 28.8. The molecule has 2 aromatic carbocycles. The van der Waals surface area contributed by atoms with Crippen molar-refractivity contribution in [2.45, 2.75) is 39.8 Å². The van der Waals surface area contributed by atoms with E-state index in [2.05, 4.69) is 32.0 Å². The predicted octanol–water partition coefficient (Wildman–Crippen LogP) is 3.11. The molecule has 26 heavy (non-hydrogen) atoms. The van der Waals surface area contributed by atoms with Gasteiger partial charge in [0.15, 0.2) is 0 Å².